The van der Waals surface area contributed by atoms with Gasteiger partial charge in [-0.2, -0.15) is 0 Å². The van der Waals surface area contributed by atoms with Gasteiger partial charge < -0.3 is 30.5 Å². The lowest BCUT2D eigenvalue weighted by atomic mass is 10.1. The van der Waals surface area contributed by atoms with Gasteiger partial charge in [0.1, 0.15) is 0 Å². The predicted molar refractivity (Wildman–Crippen MR) is 96.0 cm³/mol. The SMILES string of the molecule is COc1ccc(NC(N)=NCCCN2CCC(O)CC2)cc1OC. The van der Waals surface area contributed by atoms with Gasteiger partial charge in [-0.3, -0.25) is 4.99 Å². The van der Waals surface area contributed by atoms with Gasteiger partial charge in [-0.25, -0.2) is 0 Å². The Hall–Kier alpha value is -1.99. The van der Waals surface area contributed by atoms with E-state index in [1.54, 1.807) is 14.2 Å². The van der Waals surface area contributed by atoms with Gasteiger partial charge in [-0.1, -0.05) is 0 Å². The highest BCUT2D eigenvalue weighted by atomic mass is 16.5. The van der Waals surface area contributed by atoms with Crippen molar-refractivity contribution >= 4 is 11.6 Å². The van der Waals surface area contributed by atoms with E-state index in [1.807, 2.05) is 18.2 Å². The Kier molecular flexibility index (Phi) is 7.14. The summed E-state index contributed by atoms with van der Waals surface area (Å²) in [6.07, 6.45) is 2.56. The maximum absolute atomic E-state index is 9.49. The third-order valence-electron chi connectivity index (χ3n) is 4.13. The number of nitrogens with one attached hydrogen (secondary N) is 1. The van der Waals surface area contributed by atoms with Gasteiger partial charge in [-0.15, -0.1) is 0 Å². The number of piperidine rings is 1. The number of hydrogen-bond donors (Lipinski definition) is 3. The van der Waals surface area contributed by atoms with Crippen LogP contribution in [0.15, 0.2) is 23.2 Å². The molecule has 0 atom stereocenters. The van der Waals surface area contributed by atoms with Crippen LogP contribution in [0.2, 0.25) is 0 Å². The number of nitrogens with zero attached hydrogens (tertiary/aromatic N) is 2. The molecule has 7 heteroatoms. The van der Waals surface area contributed by atoms with Gasteiger partial charge in [0, 0.05) is 31.4 Å². The molecule has 0 aromatic heterocycles. The van der Waals surface area contributed by atoms with E-state index >= 15 is 0 Å². The molecule has 0 aliphatic carbocycles. The first-order chi connectivity index (χ1) is 11.6. The third-order valence-corrected chi connectivity index (χ3v) is 4.13. The minimum Gasteiger partial charge on any atom is -0.493 e. The molecule has 1 aliphatic heterocycles. The number of rotatable bonds is 7. The van der Waals surface area contributed by atoms with Gasteiger partial charge in [0.05, 0.1) is 20.3 Å². The molecule has 134 valence electrons. The Bertz CT molecular complexity index is 543. The Morgan fingerprint density at radius 1 is 1.29 bits per heavy atom. The second-order valence-corrected chi connectivity index (χ2v) is 5.89. The molecule has 7 nitrogen and oxygen atoms in total. The summed E-state index contributed by atoms with van der Waals surface area (Å²) in [6, 6.07) is 5.50. The van der Waals surface area contributed by atoms with Crippen molar-refractivity contribution in [3.8, 4) is 11.5 Å². The molecule has 1 aliphatic rings. The molecular formula is C17H28N4O3. The summed E-state index contributed by atoms with van der Waals surface area (Å²) in [6.45, 7) is 3.58. The number of benzene rings is 1. The minimum absolute atomic E-state index is 0.124. The fraction of sp³-hybridized carbons (Fsp3) is 0.588. The van der Waals surface area contributed by atoms with Crippen molar-refractivity contribution in [2.75, 3.05) is 45.7 Å². The molecule has 0 amide bonds. The van der Waals surface area contributed by atoms with Gasteiger partial charge in [0.15, 0.2) is 17.5 Å². The highest BCUT2D eigenvalue weighted by molar-refractivity contribution is 5.92. The molecule has 1 aromatic carbocycles. The Morgan fingerprint density at radius 2 is 2.00 bits per heavy atom. The van der Waals surface area contributed by atoms with E-state index in [2.05, 4.69) is 15.2 Å². The number of aliphatic hydroxyl groups excluding tert-OH is 1. The third kappa shape index (κ3) is 5.58. The van der Waals surface area contributed by atoms with Gasteiger partial charge in [0.2, 0.25) is 0 Å². The van der Waals surface area contributed by atoms with E-state index in [0.717, 1.165) is 44.6 Å². The van der Waals surface area contributed by atoms with E-state index < -0.39 is 0 Å². The summed E-state index contributed by atoms with van der Waals surface area (Å²) in [7, 11) is 3.20. The molecule has 0 spiro atoms. The first-order valence-corrected chi connectivity index (χ1v) is 8.31. The van der Waals surface area contributed by atoms with Crippen LogP contribution in [-0.4, -0.2) is 62.5 Å². The smallest absolute Gasteiger partial charge is 0.193 e. The average Bonchev–Trinajstić information content (AvgIpc) is 2.60. The van der Waals surface area contributed by atoms with Crippen LogP contribution in [-0.2, 0) is 0 Å². The summed E-state index contributed by atoms with van der Waals surface area (Å²) in [5.74, 6) is 1.70. The summed E-state index contributed by atoms with van der Waals surface area (Å²) >= 11 is 0. The van der Waals surface area contributed by atoms with Crippen molar-refractivity contribution in [3.05, 3.63) is 18.2 Å². The number of likely N-dealkylation sites (tertiary alicyclic amines) is 1. The van der Waals surface area contributed by atoms with Crippen LogP contribution >= 0.6 is 0 Å². The summed E-state index contributed by atoms with van der Waals surface area (Å²) in [4.78, 5) is 6.71. The van der Waals surface area contributed by atoms with Crippen LogP contribution < -0.4 is 20.5 Å². The fourth-order valence-electron chi connectivity index (χ4n) is 2.74. The Morgan fingerprint density at radius 3 is 2.67 bits per heavy atom. The van der Waals surface area contributed by atoms with Gasteiger partial charge in [-0.05, 0) is 37.9 Å². The molecule has 0 saturated carbocycles. The minimum atomic E-state index is -0.124. The zero-order valence-electron chi connectivity index (χ0n) is 14.5. The first-order valence-electron chi connectivity index (χ1n) is 8.31. The molecule has 1 saturated heterocycles. The number of guanidine groups is 1. The lowest BCUT2D eigenvalue weighted by Gasteiger charge is -2.29. The van der Waals surface area contributed by atoms with Crippen LogP contribution in [0.5, 0.6) is 11.5 Å². The Balaban J connectivity index is 1.75. The molecule has 1 aromatic rings. The van der Waals surface area contributed by atoms with Crippen LogP contribution in [0.4, 0.5) is 5.69 Å². The largest absolute Gasteiger partial charge is 0.493 e. The number of methoxy groups -OCH3 is 2. The number of aliphatic imine (C=N–C) groups is 1. The number of anilines is 1. The summed E-state index contributed by atoms with van der Waals surface area (Å²) < 4.78 is 10.5. The molecular weight excluding hydrogens is 308 g/mol. The molecule has 24 heavy (non-hydrogen) atoms. The average molecular weight is 336 g/mol. The first kappa shape index (κ1) is 18.4. The second kappa shape index (κ2) is 9.34. The highest BCUT2D eigenvalue weighted by Crippen LogP contribution is 2.29. The van der Waals surface area contributed by atoms with Gasteiger partial charge >= 0.3 is 0 Å². The van der Waals surface area contributed by atoms with E-state index in [0.29, 0.717) is 24.0 Å². The quantitative estimate of drug-likeness (QED) is 0.395. The fourth-order valence-corrected chi connectivity index (χ4v) is 2.74. The Labute approximate surface area is 143 Å². The summed E-state index contributed by atoms with van der Waals surface area (Å²) in [5.41, 5.74) is 6.73. The van der Waals surface area contributed by atoms with Crippen molar-refractivity contribution in [3.63, 3.8) is 0 Å². The monoisotopic (exact) mass is 336 g/mol. The number of hydrogen-bond acceptors (Lipinski definition) is 5. The van der Waals surface area contributed by atoms with Crippen molar-refractivity contribution in [2.24, 2.45) is 10.7 Å². The van der Waals surface area contributed by atoms with E-state index in [1.165, 1.54) is 0 Å². The molecule has 4 N–H and O–H groups in total. The maximum Gasteiger partial charge on any atom is 0.193 e. The van der Waals surface area contributed by atoms with E-state index in [4.69, 9.17) is 15.2 Å². The summed E-state index contributed by atoms with van der Waals surface area (Å²) in [5, 5.41) is 12.5. The van der Waals surface area contributed by atoms with Crippen LogP contribution in [0, 0.1) is 0 Å². The van der Waals surface area contributed by atoms with E-state index in [-0.39, 0.29) is 6.10 Å². The van der Waals surface area contributed by atoms with E-state index in [9.17, 15) is 5.11 Å². The van der Waals surface area contributed by atoms with Crippen LogP contribution in [0.3, 0.4) is 0 Å². The second-order valence-electron chi connectivity index (χ2n) is 5.89. The van der Waals surface area contributed by atoms with Crippen molar-refractivity contribution in [1.29, 1.82) is 0 Å². The molecule has 2 rings (SSSR count). The molecule has 0 unspecified atom stereocenters. The van der Waals surface area contributed by atoms with Crippen molar-refractivity contribution < 1.29 is 14.6 Å². The molecule has 1 heterocycles. The van der Waals surface area contributed by atoms with Crippen LogP contribution in [0.1, 0.15) is 19.3 Å². The topological polar surface area (TPSA) is 92.3 Å². The van der Waals surface area contributed by atoms with Crippen LogP contribution in [0.25, 0.3) is 0 Å². The number of ether oxygens (including phenoxy) is 2. The highest BCUT2D eigenvalue weighted by Gasteiger charge is 2.15. The van der Waals surface area contributed by atoms with Gasteiger partial charge in [0.25, 0.3) is 0 Å². The van der Waals surface area contributed by atoms with Crippen molar-refractivity contribution in [1.82, 2.24) is 4.90 Å². The zero-order valence-corrected chi connectivity index (χ0v) is 14.5. The molecule has 0 bridgehead atoms. The molecule has 1 fully saturated rings. The normalized spacial score (nSPS) is 16.9. The standard InChI is InChI=1S/C17H28N4O3/c1-23-15-5-4-13(12-16(15)24-2)20-17(18)19-8-3-9-21-10-6-14(22)7-11-21/h4-5,12,14,22H,3,6-11H2,1-2H3,(H3,18,19,20). The maximum atomic E-state index is 9.49. The zero-order chi connectivity index (χ0) is 17.4. The number of aliphatic hydroxyl groups is 1. The lowest BCUT2D eigenvalue weighted by molar-refractivity contribution is 0.0824. The lowest BCUT2D eigenvalue weighted by Crippen LogP contribution is -2.36. The molecule has 0 radical (unpaired) electrons. The van der Waals surface area contributed by atoms with Crippen molar-refractivity contribution in [2.45, 2.75) is 25.4 Å². The predicted octanol–water partition coefficient (Wildman–Crippen LogP) is 1.28. The number of nitrogens with two attached hydrogens (primary N) is 1.